The number of anilines is 2. The van der Waals surface area contributed by atoms with Crippen LogP contribution in [0.4, 0.5) is 17.3 Å². The fraction of sp³-hybridized carbons (Fsp3) is 0.500. The molecule has 0 saturated carbocycles. The molecule has 1 aromatic heterocycles. The van der Waals surface area contributed by atoms with Gasteiger partial charge in [-0.25, -0.2) is 15.8 Å². The minimum absolute atomic E-state index is 0.00278. The van der Waals surface area contributed by atoms with Gasteiger partial charge in [-0.05, 0) is 13.8 Å². The van der Waals surface area contributed by atoms with E-state index in [0.29, 0.717) is 0 Å². The molecule has 0 spiro atoms. The number of nitro groups is 1. The largest absolute Gasteiger partial charge is 0.394 e. The van der Waals surface area contributed by atoms with Gasteiger partial charge in [0, 0.05) is 0 Å². The number of aliphatic hydroxyl groups excluding tert-OH is 1. The summed E-state index contributed by atoms with van der Waals surface area (Å²) in [7, 11) is 0. The molecule has 5 N–H and O–H groups in total. The second kappa shape index (κ2) is 4.89. The Labute approximate surface area is 97.2 Å². The van der Waals surface area contributed by atoms with Crippen molar-refractivity contribution in [1.29, 1.82) is 0 Å². The van der Waals surface area contributed by atoms with E-state index in [0.717, 1.165) is 6.33 Å². The van der Waals surface area contributed by atoms with E-state index in [4.69, 9.17) is 10.9 Å². The quantitative estimate of drug-likeness (QED) is 0.317. The minimum Gasteiger partial charge on any atom is -0.394 e. The lowest BCUT2D eigenvalue weighted by Gasteiger charge is -2.23. The monoisotopic (exact) mass is 242 g/mol. The van der Waals surface area contributed by atoms with Gasteiger partial charge in [0.1, 0.15) is 6.33 Å². The number of hydrazine groups is 1. The topological polar surface area (TPSA) is 139 Å². The lowest BCUT2D eigenvalue weighted by atomic mass is 10.1. The number of rotatable bonds is 5. The lowest BCUT2D eigenvalue weighted by molar-refractivity contribution is -0.383. The molecule has 0 atom stereocenters. The van der Waals surface area contributed by atoms with Gasteiger partial charge < -0.3 is 15.8 Å². The molecule has 0 aliphatic heterocycles. The van der Waals surface area contributed by atoms with Crippen LogP contribution >= 0.6 is 0 Å². The van der Waals surface area contributed by atoms with Crippen LogP contribution in [0.15, 0.2) is 6.33 Å². The average molecular weight is 242 g/mol. The molecule has 0 amide bonds. The first-order valence-corrected chi connectivity index (χ1v) is 4.76. The zero-order valence-electron chi connectivity index (χ0n) is 9.47. The van der Waals surface area contributed by atoms with E-state index in [-0.39, 0.29) is 23.9 Å². The predicted molar refractivity (Wildman–Crippen MR) is 61.3 cm³/mol. The standard InChI is InChI=1S/C8H14N6O3/c1-8(2,3-15)12-6-5(14(16)17)7(13-9)11-4-10-6/h4,15H,3,9H2,1-2H3,(H2,10,11,12,13). The van der Waals surface area contributed by atoms with Crippen molar-refractivity contribution in [3.8, 4) is 0 Å². The zero-order valence-corrected chi connectivity index (χ0v) is 9.47. The number of hydrogen-bond donors (Lipinski definition) is 4. The Morgan fingerprint density at radius 3 is 2.59 bits per heavy atom. The van der Waals surface area contributed by atoms with Gasteiger partial charge in [-0.15, -0.1) is 0 Å². The number of aromatic nitrogens is 2. The van der Waals surface area contributed by atoms with Crippen molar-refractivity contribution in [1.82, 2.24) is 9.97 Å². The number of nitrogens with two attached hydrogens (primary N) is 1. The number of nitrogens with one attached hydrogen (secondary N) is 2. The van der Waals surface area contributed by atoms with Crippen LogP contribution in [0.3, 0.4) is 0 Å². The average Bonchev–Trinajstić information content (AvgIpc) is 2.27. The van der Waals surface area contributed by atoms with Crippen molar-refractivity contribution in [2.75, 3.05) is 17.3 Å². The number of nitrogens with zero attached hydrogens (tertiary/aromatic N) is 3. The smallest absolute Gasteiger partial charge is 0.354 e. The molecule has 1 heterocycles. The summed E-state index contributed by atoms with van der Waals surface area (Å²) in [5, 5.41) is 22.8. The molecule has 94 valence electrons. The third-order valence-electron chi connectivity index (χ3n) is 1.99. The lowest BCUT2D eigenvalue weighted by Crippen LogP contribution is -2.35. The number of aliphatic hydroxyl groups is 1. The predicted octanol–water partition coefficient (Wildman–Crippen LogP) is -0.147. The minimum atomic E-state index is -0.745. The summed E-state index contributed by atoms with van der Waals surface area (Å²) in [6.07, 6.45) is 1.14. The van der Waals surface area contributed by atoms with E-state index in [1.807, 2.05) is 0 Å². The summed E-state index contributed by atoms with van der Waals surface area (Å²) in [6, 6.07) is 0. The Hall–Kier alpha value is -2.00. The molecule has 0 radical (unpaired) electrons. The van der Waals surface area contributed by atoms with Crippen LogP contribution < -0.4 is 16.6 Å². The van der Waals surface area contributed by atoms with Crippen molar-refractivity contribution >= 4 is 17.3 Å². The van der Waals surface area contributed by atoms with E-state index in [2.05, 4.69) is 20.7 Å². The summed E-state index contributed by atoms with van der Waals surface area (Å²) in [5.41, 5.74) is 1.02. The normalized spacial score (nSPS) is 11.1. The van der Waals surface area contributed by atoms with Gasteiger partial charge in [0.2, 0.25) is 11.6 Å². The first-order valence-electron chi connectivity index (χ1n) is 4.76. The van der Waals surface area contributed by atoms with Gasteiger partial charge in [-0.2, -0.15) is 0 Å². The highest BCUT2D eigenvalue weighted by atomic mass is 16.6. The zero-order chi connectivity index (χ0) is 13.1. The Morgan fingerprint density at radius 1 is 1.53 bits per heavy atom. The number of hydrogen-bond acceptors (Lipinski definition) is 8. The van der Waals surface area contributed by atoms with Gasteiger partial charge >= 0.3 is 5.69 Å². The van der Waals surface area contributed by atoms with Crippen LogP contribution in [0.2, 0.25) is 0 Å². The summed E-state index contributed by atoms with van der Waals surface area (Å²) in [4.78, 5) is 17.7. The first kappa shape index (κ1) is 13.1. The van der Waals surface area contributed by atoms with Gasteiger partial charge in [0.25, 0.3) is 0 Å². The van der Waals surface area contributed by atoms with E-state index in [1.54, 1.807) is 13.8 Å². The maximum absolute atomic E-state index is 10.9. The van der Waals surface area contributed by atoms with Crippen molar-refractivity contribution in [2.24, 2.45) is 5.84 Å². The highest BCUT2D eigenvalue weighted by Crippen LogP contribution is 2.29. The van der Waals surface area contributed by atoms with Crippen LogP contribution in [0.1, 0.15) is 13.8 Å². The molecule has 0 bridgehead atoms. The van der Waals surface area contributed by atoms with Crippen molar-refractivity contribution < 1.29 is 10.0 Å². The summed E-state index contributed by atoms with van der Waals surface area (Å²) in [6.45, 7) is 3.14. The highest BCUT2D eigenvalue weighted by Gasteiger charge is 2.26. The molecule has 1 aromatic rings. The fourth-order valence-corrected chi connectivity index (χ4v) is 1.11. The summed E-state index contributed by atoms with van der Waals surface area (Å²) >= 11 is 0. The molecule has 9 heteroatoms. The first-order chi connectivity index (χ1) is 7.91. The third-order valence-corrected chi connectivity index (χ3v) is 1.99. The van der Waals surface area contributed by atoms with E-state index >= 15 is 0 Å². The maximum atomic E-state index is 10.9. The molecule has 0 fully saturated rings. The Bertz CT molecular complexity index is 422. The number of nitrogen functional groups attached to an aromatic ring is 1. The molecule has 1 rings (SSSR count). The summed E-state index contributed by atoms with van der Waals surface area (Å²) < 4.78 is 0. The molecule has 0 unspecified atom stereocenters. The van der Waals surface area contributed by atoms with E-state index in [1.165, 1.54) is 0 Å². The Balaban J connectivity index is 3.19. The molecular weight excluding hydrogens is 228 g/mol. The summed E-state index contributed by atoms with van der Waals surface area (Å²) in [5.74, 6) is 5.03. The SMILES string of the molecule is CC(C)(CO)Nc1ncnc(NN)c1[N+](=O)[O-]. The Kier molecular flexibility index (Phi) is 3.76. The molecule has 0 aliphatic rings. The highest BCUT2D eigenvalue weighted by molar-refractivity contribution is 5.69. The molecule has 9 nitrogen and oxygen atoms in total. The van der Waals surface area contributed by atoms with Crippen LogP contribution in [0, 0.1) is 10.1 Å². The van der Waals surface area contributed by atoms with E-state index in [9.17, 15) is 10.1 Å². The van der Waals surface area contributed by atoms with Crippen molar-refractivity contribution in [2.45, 2.75) is 19.4 Å². The van der Waals surface area contributed by atoms with Crippen LogP contribution in [-0.2, 0) is 0 Å². The van der Waals surface area contributed by atoms with Gasteiger partial charge in [0.05, 0.1) is 17.1 Å². The Morgan fingerprint density at radius 2 is 2.12 bits per heavy atom. The second-order valence-corrected chi connectivity index (χ2v) is 3.99. The second-order valence-electron chi connectivity index (χ2n) is 3.99. The van der Waals surface area contributed by atoms with E-state index < -0.39 is 10.5 Å². The molecular formula is C8H14N6O3. The van der Waals surface area contributed by atoms with Crippen LogP contribution in [0.25, 0.3) is 0 Å². The van der Waals surface area contributed by atoms with Gasteiger partial charge in [-0.1, -0.05) is 0 Å². The molecule has 17 heavy (non-hydrogen) atoms. The fourth-order valence-electron chi connectivity index (χ4n) is 1.11. The molecule has 0 aromatic carbocycles. The van der Waals surface area contributed by atoms with Crippen molar-refractivity contribution in [3.63, 3.8) is 0 Å². The van der Waals surface area contributed by atoms with Crippen molar-refractivity contribution in [3.05, 3.63) is 16.4 Å². The third kappa shape index (κ3) is 2.98. The van der Waals surface area contributed by atoms with Gasteiger partial charge in [0.15, 0.2) is 0 Å². The molecule has 0 aliphatic carbocycles. The van der Waals surface area contributed by atoms with Gasteiger partial charge in [-0.3, -0.25) is 10.1 Å². The van der Waals surface area contributed by atoms with Crippen LogP contribution in [-0.4, -0.2) is 32.1 Å². The maximum Gasteiger partial charge on any atom is 0.354 e. The van der Waals surface area contributed by atoms with Crippen LogP contribution in [0.5, 0.6) is 0 Å². The molecule has 0 saturated heterocycles.